The second kappa shape index (κ2) is 10.4. The molecular weight excluding hydrogens is 196 g/mol. The van der Waals surface area contributed by atoms with E-state index in [0.29, 0.717) is 13.2 Å². The maximum atomic E-state index is 5.43. The molecule has 0 fully saturated rings. The third kappa shape index (κ3) is 7.73. The first-order valence-electron chi connectivity index (χ1n) is 5.57. The Morgan fingerprint density at radius 3 is 1.67 bits per heavy atom. The average molecular weight is 220 g/mol. The Hall–Kier alpha value is -0.160. The van der Waals surface area contributed by atoms with Gasteiger partial charge in [-0.2, -0.15) is 0 Å². The van der Waals surface area contributed by atoms with Crippen molar-refractivity contribution in [3.8, 4) is 0 Å². The van der Waals surface area contributed by atoms with E-state index in [0.717, 1.165) is 19.3 Å². The number of ether oxygens (including phenoxy) is 4. The minimum absolute atomic E-state index is 0.0886. The maximum Gasteiger partial charge on any atom is 0.157 e. The summed E-state index contributed by atoms with van der Waals surface area (Å²) in [5, 5.41) is 0. The SMILES string of the molecule is CCOC(CCCC(OC)OC)OCC. The van der Waals surface area contributed by atoms with Crippen molar-refractivity contribution in [2.75, 3.05) is 27.4 Å². The lowest BCUT2D eigenvalue weighted by Crippen LogP contribution is -2.19. The van der Waals surface area contributed by atoms with Gasteiger partial charge in [0.05, 0.1) is 0 Å². The van der Waals surface area contributed by atoms with Crippen LogP contribution in [0.3, 0.4) is 0 Å². The highest BCUT2D eigenvalue weighted by atomic mass is 16.7. The summed E-state index contributed by atoms with van der Waals surface area (Å²) in [6.45, 7) is 5.31. The van der Waals surface area contributed by atoms with Crippen LogP contribution in [0.1, 0.15) is 33.1 Å². The van der Waals surface area contributed by atoms with Crippen molar-refractivity contribution in [2.45, 2.75) is 45.7 Å². The molecule has 0 saturated heterocycles. The molecule has 0 rings (SSSR count). The number of rotatable bonds is 10. The smallest absolute Gasteiger partial charge is 0.157 e. The van der Waals surface area contributed by atoms with Crippen molar-refractivity contribution >= 4 is 0 Å². The molecule has 0 aromatic heterocycles. The molecule has 0 aliphatic heterocycles. The quantitative estimate of drug-likeness (QED) is 0.529. The molecule has 0 unspecified atom stereocenters. The zero-order chi connectivity index (χ0) is 11.5. The summed E-state index contributed by atoms with van der Waals surface area (Å²) < 4.78 is 21.0. The van der Waals surface area contributed by atoms with Gasteiger partial charge >= 0.3 is 0 Å². The molecule has 0 aromatic carbocycles. The van der Waals surface area contributed by atoms with Crippen LogP contribution in [0.15, 0.2) is 0 Å². The van der Waals surface area contributed by atoms with Gasteiger partial charge in [0.2, 0.25) is 0 Å². The van der Waals surface area contributed by atoms with E-state index < -0.39 is 0 Å². The molecule has 4 nitrogen and oxygen atoms in total. The summed E-state index contributed by atoms with van der Waals surface area (Å²) in [5.41, 5.74) is 0. The Morgan fingerprint density at radius 1 is 0.800 bits per heavy atom. The van der Waals surface area contributed by atoms with E-state index >= 15 is 0 Å². The van der Waals surface area contributed by atoms with Gasteiger partial charge in [-0.15, -0.1) is 0 Å². The van der Waals surface area contributed by atoms with Crippen LogP contribution >= 0.6 is 0 Å². The summed E-state index contributed by atoms with van der Waals surface area (Å²) >= 11 is 0. The molecule has 0 bridgehead atoms. The monoisotopic (exact) mass is 220 g/mol. The third-order valence-corrected chi connectivity index (χ3v) is 2.11. The van der Waals surface area contributed by atoms with Crippen LogP contribution in [-0.2, 0) is 18.9 Å². The second-order valence-electron chi connectivity index (χ2n) is 3.17. The van der Waals surface area contributed by atoms with Crippen molar-refractivity contribution in [3.63, 3.8) is 0 Å². The summed E-state index contributed by atoms with van der Waals surface area (Å²) in [5.74, 6) is 0. The van der Waals surface area contributed by atoms with Crippen molar-refractivity contribution < 1.29 is 18.9 Å². The fraction of sp³-hybridized carbons (Fsp3) is 1.00. The summed E-state index contributed by atoms with van der Waals surface area (Å²) in [7, 11) is 3.30. The van der Waals surface area contributed by atoms with Crippen molar-refractivity contribution in [1.29, 1.82) is 0 Å². The van der Waals surface area contributed by atoms with E-state index in [2.05, 4.69) is 0 Å². The lowest BCUT2D eigenvalue weighted by molar-refractivity contribution is -0.146. The van der Waals surface area contributed by atoms with Gasteiger partial charge in [-0.25, -0.2) is 0 Å². The molecule has 0 N–H and O–H groups in total. The van der Waals surface area contributed by atoms with E-state index in [1.165, 1.54) is 0 Å². The molecule has 0 aromatic rings. The van der Waals surface area contributed by atoms with Crippen LogP contribution in [-0.4, -0.2) is 40.0 Å². The molecular formula is C11H24O4. The highest BCUT2D eigenvalue weighted by Gasteiger charge is 2.10. The van der Waals surface area contributed by atoms with Crippen LogP contribution in [0.2, 0.25) is 0 Å². The van der Waals surface area contributed by atoms with Crippen LogP contribution < -0.4 is 0 Å². The molecule has 15 heavy (non-hydrogen) atoms. The van der Waals surface area contributed by atoms with Gasteiger partial charge in [-0.1, -0.05) is 0 Å². The van der Waals surface area contributed by atoms with Crippen LogP contribution in [0, 0.1) is 0 Å². The van der Waals surface area contributed by atoms with Gasteiger partial charge in [0.15, 0.2) is 12.6 Å². The van der Waals surface area contributed by atoms with Crippen LogP contribution in [0.25, 0.3) is 0 Å². The van der Waals surface area contributed by atoms with Gasteiger partial charge in [-0.05, 0) is 33.1 Å². The van der Waals surface area contributed by atoms with Crippen molar-refractivity contribution in [1.82, 2.24) is 0 Å². The standard InChI is InChI=1S/C11H24O4/c1-5-14-11(15-6-2)9-7-8-10(12-3)13-4/h10-11H,5-9H2,1-4H3. The zero-order valence-corrected chi connectivity index (χ0v) is 10.3. The predicted octanol–water partition coefficient (Wildman–Crippen LogP) is 2.17. The first-order chi connectivity index (χ1) is 7.28. The average Bonchev–Trinajstić information content (AvgIpc) is 2.25. The summed E-state index contributed by atoms with van der Waals surface area (Å²) in [6.07, 6.45) is 2.51. The Bertz CT molecular complexity index is 120. The normalized spacial score (nSPS) is 11.6. The molecule has 4 heteroatoms. The molecule has 0 saturated carbocycles. The van der Waals surface area contributed by atoms with E-state index in [1.807, 2.05) is 13.8 Å². The Balaban J connectivity index is 3.59. The first kappa shape index (κ1) is 14.8. The van der Waals surface area contributed by atoms with Gasteiger partial charge in [0, 0.05) is 27.4 Å². The molecule has 0 spiro atoms. The lowest BCUT2D eigenvalue weighted by Gasteiger charge is -2.18. The predicted molar refractivity (Wildman–Crippen MR) is 58.7 cm³/mol. The third-order valence-electron chi connectivity index (χ3n) is 2.11. The number of methoxy groups -OCH3 is 2. The van der Waals surface area contributed by atoms with Crippen LogP contribution in [0.5, 0.6) is 0 Å². The minimum Gasteiger partial charge on any atom is -0.356 e. The van der Waals surface area contributed by atoms with E-state index in [4.69, 9.17) is 18.9 Å². The van der Waals surface area contributed by atoms with Crippen molar-refractivity contribution in [2.24, 2.45) is 0 Å². The Morgan fingerprint density at radius 2 is 1.27 bits per heavy atom. The van der Waals surface area contributed by atoms with Gasteiger partial charge in [0.25, 0.3) is 0 Å². The highest BCUT2D eigenvalue weighted by molar-refractivity contribution is 4.50. The molecule has 92 valence electrons. The van der Waals surface area contributed by atoms with Gasteiger partial charge in [-0.3, -0.25) is 0 Å². The fourth-order valence-corrected chi connectivity index (χ4v) is 1.37. The summed E-state index contributed by atoms with van der Waals surface area (Å²) in [6, 6.07) is 0. The summed E-state index contributed by atoms with van der Waals surface area (Å²) in [4.78, 5) is 0. The number of hydrogen-bond donors (Lipinski definition) is 0. The molecule has 0 atom stereocenters. The topological polar surface area (TPSA) is 36.9 Å². The van der Waals surface area contributed by atoms with Gasteiger partial charge in [0.1, 0.15) is 0 Å². The van der Waals surface area contributed by atoms with E-state index in [9.17, 15) is 0 Å². The van der Waals surface area contributed by atoms with E-state index in [1.54, 1.807) is 14.2 Å². The largest absolute Gasteiger partial charge is 0.356 e. The van der Waals surface area contributed by atoms with Crippen LogP contribution in [0.4, 0.5) is 0 Å². The molecule has 0 heterocycles. The van der Waals surface area contributed by atoms with E-state index in [-0.39, 0.29) is 12.6 Å². The van der Waals surface area contributed by atoms with Crippen molar-refractivity contribution in [3.05, 3.63) is 0 Å². The zero-order valence-electron chi connectivity index (χ0n) is 10.3. The van der Waals surface area contributed by atoms with Gasteiger partial charge < -0.3 is 18.9 Å². The second-order valence-corrected chi connectivity index (χ2v) is 3.17. The fourth-order valence-electron chi connectivity index (χ4n) is 1.37. The molecule has 0 aliphatic rings. The minimum atomic E-state index is -0.117. The maximum absolute atomic E-state index is 5.43. The lowest BCUT2D eigenvalue weighted by atomic mass is 10.2. The molecule has 0 aliphatic carbocycles. The molecule has 0 radical (unpaired) electrons. The Kier molecular flexibility index (Phi) is 10.3. The molecule has 0 amide bonds. The Labute approximate surface area is 92.8 Å². The number of hydrogen-bond acceptors (Lipinski definition) is 4. The first-order valence-corrected chi connectivity index (χ1v) is 5.57. The highest BCUT2D eigenvalue weighted by Crippen LogP contribution is 2.10.